The molecule has 1 fully saturated rings. The van der Waals surface area contributed by atoms with Crippen LogP contribution in [0.3, 0.4) is 0 Å². The quantitative estimate of drug-likeness (QED) is 0.824. The molecule has 2 rings (SSSR count). The van der Waals surface area contributed by atoms with Crippen molar-refractivity contribution in [3.63, 3.8) is 0 Å². The number of ether oxygens (including phenoxy) is 1. The summed E-state index contributed by atoms with van der Waals surface area (Å²) < 4.78 is 5.49. The Hall–Kier alpha value is -0.930. The largest absolute Gasteiger partial charge is 0.388 e. The first-order valence-corrected chi connectivity index (χ1v) is 5.48. The maximum absolute atomic E-state index is 9.95. The highest BCUT2D eigenvalue weighted by atomic mass is 16.5. The molecule has 0 aliphatic carbocycles. The number of aromatic nitrogens is 1. The molecule has 1 N–H and O–H groups in total. The summed E-state index contributed by atoms with van der Waals surface area (Å²) in [7, 11) is 0. The molecule has 1 aromatic heterocycles. The molecule has 2 unspecified atom stereocenters. The summed E-state index contributed by atoms with van der Waals surface area (Å²) in [4.78, 5) is 4.17. The fraction of sp³-hybridized carbons (Fsp3) is 0.583. The molecule has 1 aromatic rings. The predicted molar refractivity (Wildman–Crippen MR) is 57.5 cm³/mol. The minimum Gasteiger partial charge on any atom is -0.388 e. The number of pyridine rings is 1. The Kier molecular flexibility index (Phi) is 3.34. The number of hydrogen-bond acceptors (Lipinski definition) is 3. The minimum absolute atomic E-state index is 0.223. The zero-order valence-electron chi connectivity index (χ0n) is 9.02. The Morgan fingerprint density at radius 1 is 1.60 bits per heavy atom. The summed E-state index contributed by atoms with van der Waals surface area (Å²) in [5.41, 5.74) is 1.86. The molecule has 2 atom stereocenters. The van der Waals surface area contributed by atoms with E-state index in [1.807, 2.05) is 19.1 Å². The van der Waals surface area contributed by atoms with Crippen LogP contribution < -0.4 is 0 Å². The van der Waals surface area contributed by atoms with Gasteiger partial charge < -0.3 is 9.84 Å². The molecule has 0 radical (unpaired) electrons. The molecule has 0 aromatic carbocycles. The third-order valence-electron chi connectivity index (χ3n) is 2.83. The third kappa shape index (κ3) is 2.76. The van der Waals surface area contributed by atoms with Crippen LogP contribution in [0.1, 0.15) is 36.6 Å². The minimum atomic E-state index is -0.443. The SMILES string of the molecule is Cc1ccc(C(O)CC2CCCO2)cn1. The Labute approximate surface area is 90.1 Å². The highest BCUT2D eigenvalue weighted by molar-refractivity contribution is 5.15. The molecule has 3 nitrogen and oxygen atoms in total. The van der Waals surface area contributed by atoms with Gasteiger partial charge >= 0.3 is 0 Å². The van der Waals surface area contributed by atoms with Gasteiger partial charge in [-0.05, 0) is 31.4 Å². The lowest BCUT2D eigenvalue weighted by molar-refractivity contribution is 0.0534. The average molecular weight is 207 g/mol. The van der Waals surface area contributed by atoms with E-state index in [1.54, 1.807) is 6.20 Å². The number of hydrogen-bond donors (Lipinski definition) is 1. The molecule has 3 heteroatoms. The molecule has 1 aliphatic heterocycles. The van der Waals surface area contributed by atoms with Crippen molar-refractivity contribution in [1.82, 2.24) is 4.98 Å². The molecule has 0 bridgehead atoms. The van der Waals surface area contributed by atoms with Crippen LogP contribution in [0.15, 0.2) is 18.3 Å². The zero-order chi connectivity index (χ0) is 10.7. The Morgan fingerprint density at radius 3 is 3.07 bits per heavy atom. The fourth-order valence-electron chi connectivity index (χ4n) is 1.89. The van der Waals surface area contributed by atoms with Crippen LogP contribution >= 0.6 is 0 Å². The first-order chi connectivity index (χ1) is 7.25. The van der Waals surface area contributed by atoms with Gasteiger partial charge in [0.1, 0.15) is 0 Å². The molecule has 1 saturated heterocycles. The van der Waals surface area contributed by atoms with Gasteiger partial charge in [0.05, 0.1) is 12.2 Å². The van der Waals surface area contributed by atoms with Crippen molar-refractivity contribution in [2.24, 2.45) is 0 Å². The lowest BCUT2D eigenvalue weighted by Crippen LogP contribution is -2.11. The molecular formula is C12H17NO2. The van der Waals surface area contributed by atoms with Crippen molar-refractivity contribution in [2.75, 3.05) is 6.61 Å². The highest BCUT2D eigenvalue weighted by Crippen LogP contribution is 2.24. The molecule has 15 heavy (non-hydrogen) atoms. The van der Waals surface area contributed by atoms with E-state index in [-0.39, 0.29) is 6.10 Å². The number of rotatable bonds is 3. The summed E-state index contributed by atoms with van der Waals surface area (Å²) >= 11 is 0. The molecule has 1 aliphatic rings. The zero-order valence-corrected chi connectivity index (χ0v) is 9.02. The van der Waals surface area contributed by atoms with Gasteiger partial charge in [0.25, 0.3) is 0 Å². The van der Waals surface area contributed by atoms with Crippen LogP contribution in [-0.2, 0) is 4.74 Å². The Balaban J connectivity index is 1.94. The van der Waals surface area contributed by atoms with Crippen LogP contribution in [0.4, 0.5) is 0 Å². The maximum Gasteiger partial charge on any atom is 0.0829 e. The van der Waals surface area contributed by atoms with Crippen LogP contribution in [0, 0.1) is 6.92 Å². The van der Waals surface area contributed by atoms with E-state index in [1.165, 1.54) is 0 Å². The smallest absolute Gasteiger partial charge is 0.0829 e. The standard InChI is InChI=1S/C12H17NO2/c1-9-4-5-10(8-13-9)12(14)7-11-3-2-6-15-11/h4-5,8,11-12,14H,2-3,6-7H2,1H3. The van der Waals surface area contributed by atoms with Crippen molar-refractivity contribution in [3.05, 3.63) is 29.6 Å². The predicted octanol–water partition coefficient (Wildman–Crippen LogP) is 1.99. The van der Waals surface area contributed by atoms with Crippen LogP contribution in [0.2, 0.25) is 0 Å². The van der Waals surface area contributed by atoms with Crippen LogP contribution in [0.5, 0.6) is 0 Å². The number of nitrogens with zero attached hydrogens (tertiary/aromatic N) is 1. The van der Waals surface area contributed by atoms with Gasteiger partial charge in [-0.3, -0.25) is 4.98 Å². The molecule has 2 heterocycles. The second-order valence-corrected chi connectivity index (χ2v) is 4.12. The summed E-state index contributed by atoms with van der Waals surface area (Å²) in [5, 5.41) is 9.95. The lowest BCUT2D eigenvalue weighted by Gasteiger charge is -2.15. The molecular weight excluding hydrogens is 190 g/mol. The first kappa shape index (κ1) is 10.6. The van der Waals surface area contributed by atoms with Gasteiger partial charge in [-0.25, -0.2) is 0 Å². The average Bonchev–Trinajstić information content (AvgIpc) is 2.71. The van der Waals surface area contributed by atoms with Crippen molar-refractivity contribution in [3.8, 4) is 0 Å². The molecule has 0 amide bonds. The van der Waals surface area contributed by atoms with E-state index in [9.17, 15) is 5.11 Å². The van der Waals surface area contributed by atoms with Crippen LogP contribution in [0.25, 0.3) is 0 Å². The van der Waals surface area contributed by atoms with E-state index in [0.717, 1.165) is 30.7 Å². The number of aliphatic hydroxyl groups excluding tert-OH is 1. The lowest BCUT2D eigenvalue weighted by atomic mass is 10.0. The molecule has 0 saturated carbocycles. The molecule has 82 valence electrons. The van der Waals surface area contributed by atoms with Crippen molar-refractivity contribution < 1.29 is 9.84 Å². The summed E-state index contributed by atoms with van der Waals surface area (Å²) in [5.74, 6) is 0. The number of aliphatic hydroxyl groups is 1. The van der Waals surface area contributed by atoms with Gasteiger partial charge in [0.15, 0.2) is 0 Å². The van der Waals surface area contributed by atoms with E-state index >= 15 is 0 Å². The topological polar surface area (TPSA) is 42.4 Å². The van der Waals surface area contributed by atoms with Crippen molar-refractivity contribution in [2.45, 2.75) is 38.4 Å². The fourth-order valence-corrected chi connectivity index (χ4v) is 1.89. The monoisotopic (exact) mass is 207 g/mol. The normalized spacial score (nSPS) is 22.9. The van der Waals surface area contributed by atoms with Gasteiger partial charge in [0, 0.05) is 24.9 Å². The van der Waals surface area contributed by atoms with Gasteiger partial charge in [0.2, 0.25) is 0 Å². The summed E-state index contributed by atoms with van der Waals surface area (Å²) in [6.07, 6.45) is 4.39. The second-order valence-electron chi connectivity index (χ2n) is 4.12. The van der Waals surface area contributed by atoms with Crippen LogP contribution in [-0.4, -0.2) is 22.8 Å². The van der Waals surface area contributed by atoms with E-state index in [2.05, 4.69) is 4.98 Å². The van der Waals surface area contributed by atoms with Crippen molar-refractivity contribution >= 4 is 0 Å². The first-order valence-electron chi connectivity index (χ1n) is 5.48. The van der Waals surface area contributed by atoms with Crippen molar-refractivity contribution in [1.29, 1.82) is 0 Å². The summed E-state index contributed by atoms with van der Waals surface area (Å²) in [6.45, 7) is 2.78. The third-order valence-corrected chi connectivity index (χ3v) is 2.83. The van der Waals surface area contributed by atoms with Gasteiger partial charge in [-0.1, -0.05) is 6.07 Å². The molecule has 0 spiro atoms. The van der Waals surface area contributed by atoms with Gasteiger partial charge in [-0.2, -0.15) is 0 Å². The maximum atomic E-state index is 9.95. The van der Waals surface area contributed by atoms with E-state index in [0.29, 0.717) is 6.42 Å². The van der Waals surface area contributed by atoms with E-state index in [4.69, 9.17) is 4.74 Å². The number of aryl methyl sites for hydroxylation is 1. The highest BCUT2D eigenvalue weighted by Gasteiger charge is 2.20. The Bertz CT molecular complexity index is 304. The van der Waals surface area contributed by atoms with Gasteiger partial charge in [-0.15, -0.1) is 0 Å². The Morgan fingerprint density at radius 2 is 2.47 bits per heavy atom. The second kappa shape index (κ2) is 4.73. The van der Waals surface area contributed by atoms with E-state index < -0.39 is 6.10 Å². The summed E-state index contributed by atoms with van der Waals surface area (Å²) in [6, 6.07) is 3.86.